The molecule has 0 saturated heterocycles. The van der Waals surface area contributed by atoms with E-state index in [4.69, 9.17) is 46.8 Å². The number of carbonyl (C=O) groups excluding carboxylic acids is 4. The molecule has 530 valence electrons. The molecule has 0 heterocycles. The zero-order chi connectivity index (χ0) is 75.4. The number of aliphatic hydroxyl groups is 1. The molecule has 0 aliphatic rings. The molecule has 9 aromatic carbocycles. The van der Waals surface area contributed by atoms with Gasteiger partial charge in [0.2, 0.25) is 52.1 Å². The van der Waals surface area contributed by atoms with E-state index >= 15 is 0 Å². The van der Waals surface area contributed by atoms with Gasteiger partial charge in [-0.1, -0.05) is 103 Å². The van der Waals surface area contributed by atoms with Gasteiger partial charge >= 0.3 is 11.9 Å². The van der Waals surface area contributed by atoms with E-state index in [1.165, 1.54) is 18.2 Å². The average molecular weight is 1410 g/mol. The Morgan fingerprint density at radius 2 is 0.837 bits per heavy atom. The summed E-state index contributed by atoms with van der Waals surface area (Å²) >= 11 is 0. The van der Waals surface area contributed by atoms with Gasteiger partial charge in [-0.05, 0) is 155 Å². The van der Waals surface area contributed by atoms with Gasteiger partial charge in [0.15, 0.2) is 0 Å². The van der Waals surface area contributed by atoms with E-state index in [2.05, 4.69) is 37.2 Å². The second kappa shape index (κ2) is 38.5. The van der Waals surface area contributed by atoms with Crippen LogP contribution in [0.3, 0.4) is 0 Å². The van der Waals surface area contributed by atoms with Crippen LogP contribution in [-0.4, -0.2) is 65.9 Å². The lowest BCUT2D eigenvalue weighted by Gasteiger charge is -2.19. The molecule has 104 heavy (non-hydrogen) atoms. The van der Waals surface area contributed by atoms with Crippen molar-refractivity contribution in [2.75, 3.05) is 6.61 Å². The van der Waals surface area contributed by atoms with Crippen molar-refractivity contribution in [3.63, 3.8) is 0 Å². The highest BCUT2D eigenvalue weighted by Crippen LogP contribution is 2.34. The van der Waals surface area contributed by atoms with Crippen LogP contribution >= 0.6 is 0 Å². The molecule has 0 aliphatic carbocycles. The standard InChI is InChI=1S/C35H31N3O5.C28H27N3O4.C17H10F5NO3/c1-24(2)43-33-17-15-28(20-30(33)37-3)34(39)38-31(35(40)42-23-26-12-8-5-9-13-26)19-27-14-16-32(29(18-27)21-36)41-22-25-10-6-4-7-11-25;1-19(2)35-27-12-10-22(15-25(27)30-3)28(33)31-24(17-32)14-21-9-11-26(23(13-21)16-29)34-18-20-7-5-4-6-8-20;1-7(2)25-10-4-3-8(5-9(10)6-23)17(24)26-16-14(21)12(19)11(18)13(20)15(16)22/h4-18,20,24,31H,19,22-23H2,1-2H3,(H,38,39);4-13,15,19,24,32H,14,17-18H2,1-2H3,(H,31,33);3-5,7H,1-2H3/t31-;24-;/m00./s1. The lowest BCUT2D eigenvalue weighted by atomic mass is 10.0. The molecule has 19 nitrogen and oxygen atoms in total. The van der Waals surface area contributed by atoms with Gasteiger partial charge in [-0.3, -0.25) is 9.59 Å². The molecule has 0 saturated carbocycles. The van der Waals surface area contributed by atoms with Crippen LogP contribution in [0, 0.1) is 76.2 Å². The molecule has 0 unspecified atom stereocenters. The largest absolute Gasteiger partial charge is 0.502 e. The highest BCUT2D eigenvalue weighted by atomic mass is 19.2. The van der Waals surface area contributed by atoms with Gasteiger partial charge in [-0.15, -0.1) is 0 Å². The molecule has 3 N–H and O–H groups in total. The third-order valence-electron chi connectivity index (χ3n) is 14.6. The van der Waals surface area contributed by atoms with Crippen molar-refractivity contribution in [3.05, 3.63) is 295 Å². The number of amides is 2. The number of rotatable bonds is 26. The van der Waals surface area contributed by atoms with Crippen LogP contribution in [0.15, 0.2) is 182 Å². The van der Waals surface area contributed by atoms with Crippen LogP contribution in [0.5, 0.6) is 34.5 Å². The molecule has 2 atom stereocenters. The summed E-state index contributed by atoms with van der Waals surface area (Å²) in [5, 5.41) is 43.8. The Kier molecular flexibility index (Phi) is 29.0. The Bertz CT molecular complexity index is 4710. The molecular formula is C80H68F5N7O12. The number of aliphatic hydroxyl groups excluding tert-OH is 1. The third-order valence-corrected chi connectivity index (χ3v) is 14.6. The van der Waals surface area contributed by atoms with Crippen molar-refractivity contribution in [2.24, 2.45) is 0 Å². The van der Waals surface area contributed by atoms with E-state index in [0.717, 1.165) is 34.4 Å². The van der Waals surface area contributed by atoms with Gasteiger partial charge in [0.1, 0.15) is 72.8 Å². The summed E-state index contributed by atoms with van der Waals surface area (Å²) in [5.74, 6) is -14.3. The second-order valence-corrected chi connectivity index (χ2v) is 23.5. The fourth-order valence-corrected chi connectivity index (χ4v) is 9.65. The highest BCUT2D eigenvalue weighted by molar-refractivity contribution is 5.98. The van der Waals surface area contributed by atoms with Crippen molar-refractivity contribution in [1.82, 2.24) is 10.6 Å². The van der Waals surface area contributed by atoms with Gasteiger partial charge in [-0.2, -0.15) is 24.6 Å². The number of benzene rings is 9. The fourth-order valence-electron chi connectivity index (χ4n) is 9.65. The summed E-state index contributed by atoms with van der Waals surface area (Å²) in [5.41, 5.74) is 5.36. The number of ether oxygens (including phenoxy) is 7. The highest BCUT2D eigenvalue weighted by Gasteiger charge is 2.30. The van der Waals surface area contributed by atoms with Crippen molar-refractivity contribution >= 4 is 35.1 Å². The number of hydrogen-bond donors (Lipinski definition) is 3. The van der Waals surface area contributed by atoms with Crippen LogP contribution in [0.1, 0.15) is 117 Å². The summed E-state index contributed by atoms with van der Waals surface area (Å²) in [6, 6.07) is 55.8. The second-order valence-electron chi connectivity index (χ2n) is 23.5. The van der Waals surface area contributed by atoms with Gasteiger partial charge in [0.25, 0.3) is 5.91 Å². The Morgan fingerprint density at radius 1 is 0.452 bits per heavy atom. The first-order valence-corrected chi connectivity index (χ1v) is 32.1. The average Bonchev–Trinajstić information content (AvgIpc) is 0.555. The van der Waals surface area contributed by atoms with Crippen LogP contribution in [0.25, 0.3) is 9.69 Å². The molecule has 0 aromatic heterocycles. The Labute approximate surface area is 597 Å². The normalized spacial score (nSPS) is 11.0. The topological polar surface area (TPSA) is 257 Å². The molecular weight excluding hydrogens is 1350 g/mol. The lowest BCUT2D eigenvalue weighted by molar-refractivity contribution is -0.147. The van der Waals surface area contributed by atoms with E-state index in [1.807, 2.05) is 125 Å². The van der Waals surface area contributed by atoms with E-state index in [0.29, 0.717) is 64.9 Å². The van der Waals surface area contributed by atoms with Crippen molar-refractivity contribution in [1.29, 1.82) is 15.8 Å². The monoisotopic (exact) mass is 1410 g/mol. The van der Waals surface area contributed by atoms with Gasteiger partial charge in [0.05, 0.1) is 66.4 Å². The minimum absolute atomic E-state index is 0.0326. The number of halogens is 5. The van der Waals surface area contributed by atoms with Crippen LogP contribution in [0.2, 0.25) is 0 Å². The lowest BCUT2D eigenvalue weighted by Crippen LogP contribution is -2.43. The maximum absolute atomic E-state index is 13.6. The number of esters is 2. The third kappa shape index (κ3) is 22.5. The number of hydrogen-bond acceptors (Lipinski definition) is 15. The van der Waals surface area contributed by atoms with Crippen LogP contribution < -0.4 is 39.1 Å². The first-order valence-electron chi connectivity index (χ1n) is 32.1. The molecule has 0 bridgehead atoms. The minimum Gasteiger partial charge on any atom is -0.502 e. The molecule has 2 amide bonds. The zero-order valence-electron chi connectivity index (χ0n) is 57.0. The van der Waals surface area contributed by atoms with E-state index in [9.17, 15) is 56.8 Å². The van der Waals surface area contributed by atoms with E-state index in [-0.39, 0.29) is 71.8 Å². The molecule has 9 aromatic rings. The summed E-state index contributed by atoms with van der Waals surface area (Å²) in [7, 11) is 0. The van der Waals surface area contributed by atoms with Gasteiger partial charge < -0.3 is 48.9 Å². The molecule has 0 spiro atoms. The summed E-state index contributed by atoms with van der Waals surface area (Å²) in [6.45, 7) is 26.1. The fraction of sp³-hybridized carbons (Fsp3) is 0.212. The maximum Gasteiger partial charge on any atom is 0.343 e. The zero-order valence-corrected chi connectivity index (χ0v) is 57.0. The summed E-state index contributed by atoms with van der Waals surface area (Å²) in [4.78, 5) is 58.2. The Morgan fingerprint density at radius 3 is 1.27 bits per heavy atom. The van der Waals surface area contributed by atoms with Crippen molar-refractivity contribution in [2.45, 2.75) is 105 Å². The number of carbonyl (C=O) groups is 4. The number of nitriles is 3. The SMILES string of the molecule is CC(C)Oc1ccc(C(=O)Oc2c(F)c(F)c(F)c(F)c2F)cc1C#N.[C-]#[N+]c1cc(C(=O)N[C@@H](Cc2ccc(OCc3ccccc3)c(C#N)c2)C(=O)OCc2ccccc2)ccc1OC(C)C.[C-]#[N+]c1cc(C(=O)N[C@H](CO)Cc2ccc(OCc3ccccc3)c(C#N)c2)ccc1OC(C)C. The predicted octanol–water partition coefficient (Wildman–Crippen LogP) is 15.6. The Balaban J connectivity index is 0.000000225. The number of nitrogens with one attached hydrogen (secondary N) is 2. The van der Waals surface area contributed by atoms with Gasteiger partial charge in [-0.25, -0.2) is 32.5 Å². The van der Waals surface area contributed by atoms with Crippen LogP contribution in [-0.2, 0) is 42.2 Å². The first-order chi connectivity index (χ1) is 49.9. The number of nitrogens with zero attached hydrogens (tertiary/aromatic N) is 5. The smallest absolute Gasteiger partial charge is 0.343 e. The quantitative estimate of drug-likeness (QED) is 0.0114. The summed E-state index contributed by atoms with van der Waals surface area (Å²) < 4.78 is 105. The molecule has 9 rings (SSSR count). The van der Waals surface area contributed by atoms with Crippen LogP contribution in [0.4, 0.5) is 33.3 Å². The van der Waals surface area contributed by atoms with Gasteiger partial charge in [0, 0.05) is 17.5 Å². The summed E-state index contributed by atoms with van der Waals surface area (Å²) in [6.07, 6.45) is -0.120. The van der Waals surface area contributed by atoms with E-state index in [1.54, 1.807) is 74.5 Å². The molecule has 0 aliphatic heterocycles. The molecule has 0 radical (unpaired) electrons. The van der Waals surface area contributed by atoms with E-state index < -0.39 is 70.7 Å². The van der Waals surface area contributed by atoms with Crippen molar-refractivity contribution < 1.29 is 79.4 Å². The minimum atomic E-state index is -2.37. The molecule has 24 heteroatoms. The Hall–Kier alpha value is -13.1. The van der Waals surface area contributed by atoms with Crippen molar-refractivity contribution in [3.8, 4) is 52.7 Å². The predicted molar refractivity (Wildman–Crippen MR) is 372 cm³/mol. The first kappa shape index (κ1) is 78.3. The maximum atomic E-state index is 13.6. The molecule has 0 fully saturated rings.